The normalized spacial score (nSPS) is 17.3. The molecule has 0 N–H and O–H groups in total. The summed E-state index contributed by atoms with van der Waals surface area (Å²) in [5.74, 6) is 0.240. The molecule has 0 amide bonds. The van der Waals surface area contributed by atoms with Crippen LogP contribution in [0.2, 0.25) is 0 Å². The topological polar surface area (TPSA) is 29.5 Å². The second-order valence-electron chi connectivity index (χ2n) is 5.31. The van der Waals surface area contributed by atoms with Gasteiger partial charge < -0.3 is 9.64 Å². The van der Waals surface area contributed by atoms with Crippen LogP contribution in [0.3, 0.4) is 0 Å². The Morgan fingerprint density at radius 2 is 1.95 bits per heavy atom. The van der Waals surface area contributed by atoms with Gasteiger partial charge in [-0.15, -0.1) is 0 Å². The number of piperidine rings is 1. The summed E-state index contributed by atoms with van der Waals surface area (Å²) >= 11 is 3.38. The van der Waals surface area contributed by atoms with E-state index in [4.69, 9.17) is 4.74 Å². The molecule has 1 aliphatic rings. The Bertz CT molecular complexity index is 425. The van der Waals surface area contributed by atoms with Gasteiger partial charge in [-0.1, -0.05) is 28.1 Å². The molecule has 0 aliphatic carbocycles. The molecule has 2 rings (SSSR count). The van der Waals surface area contributed by atoms with E-state index in [-0.39, 0.29) is 5.78 Å². The summed E-state index contributed by atoms with van der Waals surface area (Å²) in [4.78, 5) is 14.5. The molecule has 1 aromatic carbocycles. The van der Waals surface area contributed by atoms with Gasteiger partial charge in [-0.2, -0.15) is 0 Å². The molecule has 4 heteroatoms. The molecule has 0 aromatic heterocycles. The quantitative estimate of drug-likeness (QED) is 0.742. The Morgan fingerprint density at radius 1 is 1.30 bits per heavy atom. The number of carbonyl (C=O) groups is 1. The minimum Gasteiger partial charge on any atom is -0.381 e. The number of nitrogens with zero attached hydrogens (tertiary/aromatic N) is 1. The van der Waals surface area contributed by atoms with Crippen molar-refractivity contribution in [3.63, 3.8) is 0 Å². The highest BCUT2D eigenvalue weighted by Gasteiger charge is 2.18. The van der Waals surface area contributed by atoms with Crippen LogP contribution in [0.25, 0.3) is 0 Å². The van der Waals surface area contributed by atoms with E-state index in [9.17, 15) is 4.79 Å². The van der Waals surface area contributed by atoms with Crippen molar-refractivity contribution in [1.82, 2.24) is 4.90 Å². The summed E-state index contributed by atoms with van der Waals surface area (Å²) in [7, 11) is 1.79. The van der Waals surface area contributed by atoms with Crippen molar-refractivity contribution >= 4 is 21.7 Å². The van der Waals surface area contributed by atoms with Crippen LogP contribution in [0.5, 0.6) is 0 Å². The number of likely N-dealkylation sites (tertiary alicyclic amines) is 1. The van der Waals surface area contributed by atoms with Crippen LogP contribution in [0.4, 0.5) is 0 Å². The summed E-state index contributed by atoms with van der Waals surface area (Å²) in [5.41, 5.74) is 0.811. The zero-order valence-corrected chi connectivity index (χ0v) is 13.6. The highest BCUT2D eigenvalue weighted by Crippen LogP contribution is 2.15. The molecule has 0 saturated carbocycles. The zero-order chi connectivity index (χ0) is 14.4. The Hall–Kier alpha value is -0.710. The molecule has 0 atom stereocenters. The van der Waals surface area contributed by atoms with E-state index in [1.807, 2.05) is 24.3 Å². The number of ketones is 1. The zero-order valence-electron chi connectivity index (χ0n) is 12.0. The van der Waals surface area contributed by atoms with Crippen molar-refractivity contribution in [2.45, 2.75) is 31.8 Å². The highest BCUT2D eigenvalue weighted by molar-refractivity contribution is 9.10. The number of methoxy groups -OCH3 is 1. The Kier molecular flexibility index (Phi) is 6.20. The van der Waals surface area contributed by atoms with Gasteiger partial charge in [-0.05, 0) is 37.9 Å². The third-order valence-electron chi connectivity index (χ3n) is 3.91. The van der Waals surface area contributed by atoms with Gasteiger partial charge >= 0.3 is 0 Å². The molecule has 0 radical (unpaired) electrons. The predicted octanol–water partition coefficient (Wildman–Crippen LogP) is 3.52. The van der Waals surface area contributed by atoms with E-state index in [1.165, 1.54) is 0 Å². The summed E-state index contributed by atoms with van der Waals surface area (Å²) in [5, 5.41) is 0. The maximum absolute atomic E-state index is 12.0. The highest BCUT2D eigenvalue weighted by atomic mass is 79.9. The lowest BCUT2D eigenvalue weighted by atomic mass is 10.0. The number of hydrogen-bond acceptors (Lipinski definition) is 3. The first-order chi connectivity index (χ1) is 9.69. The maximum atomic E-state index is 12.0. The van der Waals surface area contributed by atoms with Crippen molar-refractivity contribution < 1.29 is 9.53 Å². The number of halogens is 1. The van der Waals surface area contributed by atoms with Crippen molar-refractivity contribution in [3.8, 4) is 0 Å². The molecule has 1 aliphatic heterocycles. The average molecular weight is 340 g/mol. The molecule has 3 nitrogen and oxygen atoms in total. The van der Waals surface area contributed by atoms with Crippen molar-refractivity contribution in [2.24, 2.45) is 0 Å². The fourth-order valence-electron chi connectivity index (χ4n) is 2.61. The third-order valence-corrected chi connectivity index (χ3v) is 4.44. The standard InChI is InChI=1S/C16H22BrNO2/c1-20-15-8-11-18(12-9-15)10-2-3-16(19)13-4-6-14(17)7-5-13/h4-7,15H,2-3,8-12H2,1H3. The molecule has 110 valence electrons. The van der Waals surface area contributed by atoms with E-state index >= 15 is 0 Å². The molecule has 1 heterocycles. The van der Waals surface area contributed by atoms with Crippen LogP contribution in [0.15, 0.2) is 28.7 Å². The van der Waals surface area contributed by atoms with Crippen molar-refractivity contribution in [3.05, 3.63) is 34.3 Å². The summed E-state index contributed by atoms with van der Waals surface area (Å²) in [6.07, 6.45) is 4.21. The summed E-state index contributed by atoms with van der Waals surface area (Å²) in [6, 6.07) is 7.61. The molecule has 20 heavy (non-hydrogen) atoms. The number of rotatable bonds is 6. The van der Waals surface area contributed by atoms with Crippen LogP contribution < -0.4 is 0 Å². The van der Waals surface area contributed by atoms with Crippen molar-refractivity contribution in [2.75, 3.05) is 26.7 Å². The number of hydrogen-bond donors (Lipinski definition) is 0. The monoisotopic (exact) mass is 339 g/mol. The SMILES string of the molecule is COC1CCN(CCCC(=O)c2ccc(Br)cc2)CC1. The lowest BCUT2D eigenvalue weighted by Crippen LogP contribution is -2.37. The Labute approximate surface area is 129 Å². The fourth-order valence-corrected chi connectivity index (χ4v) is 2.88. The number of carbonyl (C=O) groups excluding carboxylic acids is 1. The van der Waals surface area contributed by atoms with Gasteiger partial charge in [0, 0.05) is 36.7 Å². The molecule has 1 saturated heterocycles. The average Bonchev–Trinajstić information content (AvgIpc) is 2.48. The van der Waals surface area contributed by atoms with Crippen molar-refractivity contribution in [1.29, 1.82) is 0 Å². The van der Waals surface area contributed by atoms with E-state index < -0.39 is 0 Å². The van der Waals surface area contributed by atoms with Gasteiger partial charge in [0.1, 0.15) is 0 Å². The first kappa shape index (κ1) is 15.7. The Balaban J connectivity index is 1.68. The largest absolute Gasteiger partial charge is 0.381 e. The lowest BCUT2D eigenvalue weighted by molar-refractivity contribution is 0.0406. The minimum atomic E-state index is 0.240. The first-order valence-corrected chi connectivity index (χ1v) is 8.02. The van der Waals surface area contributed by atoms with E-state index in [1.54, 1.807) is 7.11 Å². The van der Waals surface area contributed by atoms with E-state index in [0.29, 0.717) is 12.5 Å². The van der Waals surface area contributed by atoms with Gasteiger partial charge in [0.2, 0.25) is 0 Å². The maximum Gasteiger partial charge on any atom is 0.162 e. The molecular weight excluding hydrogens is 318 g/mol. The molecule has 0 bridgehead atoms. The van der Waals surface area contributed by atoms with Gasteiger partial charge in [0.05, 0.1) is 6.10 Å². The molecule has 1 aromatic rings. The van der Waals surface area contributed by atoms with Gasteiger partial charge in [0.25, 0.3) is 0 Å². The lowest BCUT2D eigenvalue weighted by Gasteiger charge is -2.31. The van der Waals surface area contributed by atoms with Gasteiger partial charge in [0.15, 0.2) is 5.78 Å². The molecule has 0 spiro atoms. The molecular formula is C16H22BrNO2. The summed E-state index contributed by atoms with van der Waals surface area (Å²) < 4.78 is 6.37. The molecule has 1 fully saturated rings. The summed E-state index contributed by atoms with van der Waals surface area (Å²) in [6.45, 7) is 3.19. The third kappa shape index (κ3) is 4.69. The van der Waals surface area contributed by atoms with Crippen LogP contribution in [-0.2, 0) is 4.74 Å². The second kappa shape index (κ2) is 7.91. The van der Waals surface area contributed by atoms with Crippen LogP contribution in [0.1, 0.15) is 36.0 Å². The van der Waals surface area contributed by atoms with Crippen LogP contribution in [0, 0.1) is 0 Å². The smallest absolute Gasteiger partial charge is 0.162 e. The number of ether oxygens (including phenoxy) is 1. The second-order valence-corrected chi connectivity index (χ2v) is 6.23. The van der Waals surface area contributed by atoms with Gasteiger partial charge in [-0.25, -0.2) is 0 Å². The van der Waals surface area contributed by atoms with Crippen LogP contribution >= 0.6 is 15.9 Å². The molecule has 0 unspecified atom stereocenters. The number of benzene rings is 1. The fraction of sp³-hybridized carbons (Fsp3) is 0.562. The first-order valence-electron chi connectivity index (χ1n) is 7.23. The van der Waals surface area contributed by atoms with E-state index in [0.717, 1.165) is 48.9 Å². The predicted molar refractivity (Wildman–Crippen MR) is 84.2 cm³/mol. The number of Topliss-reactive ketones (excluding diaryl/α,β-unsaturated/α-hetero) is 1. The minimum absolute atomic E-state index is 0.240. The van der Waals surface area contributed by atoms with Crippen LogP contribution in [-0.4, -0.2) is 43.5 Å². The Morgan fingerprint density at radius 3 is 2.55 bits per heavy atom. The van der Waals surface area contributed by atoms with E-state index in [2.05, 4.69) is 20.8 Å². The van der Waals surface area contributed by atoms with Gasteiger partial charge in [-0.3, -0.25) is 4.79 Å².